The minimum atomic E-state index is -0.631. The summed E-state index contributed by atoms with van der Waals surface area (Å²) in [6.07, 6.45) is 1.60. The highest BCUT2D eigenvalue weighted by atomic mass is 19.1. The molecule has 3 heterocycles. The Morgan fingerprint density at radius 3 is 2.53 bits per heavy atom. The van der Waals surface area contributed by atoms with Crippen molar-refractivity contribution in [2.24, 2.45) is 0 Å². The number of ether oxygens (including phenoxy) is 2. The summed E-state index contributed by atoms with van der Waals surface area (Å²) in [5.74, 6) is -0.316. The first-order valence-electron chi connectivity index (χ1n) is 12.0. The van der Waals surface area contributed by atoms with E-state index in [1.165, 1.54) is 12.1 Å². The van der Waals surface area contributed by atoms with Crippen LogP contribution in [0.1, 0.15) is 35.2 Å². The fourth-order valence-corrected chi connectivity index (χ4v) is 5.11. The van der Waals surface area contributed by atoms with Gasteiger partial charge in [0.2, 0.25) is 0 Å². The minimum absolute atomic E-state index is 0.0284. The lowest BCUT2D eigenvalue weighted by Gasteiger charge is -2.28. The number of halogens is 1. The Morgan fingerprint density at radius 1 is 0.971 bits per heavy atom. The van der Waals surface area contributed by atoms with Gasteiger partial charge in [0, 0.05) is 50.4 Å². The average Bonchev–Trinajstić information content (AvgIpc) is 3.04. The molecule has 5 rings (SSSR count). The maximum absolute atomic E-state index is 13.5. The van der Waals surface area contributed by atoms with Crippen LogP contribution in [0.5, 0.6) is 0 Å². The normalized spacial score (nSPS) is 23.7. The Morgan fingerprint density at radius 2 is 1.74 bits per heavy atom. The van der Waals surface area contributed by atoms with E-state index in [4.69, 9.17) is 9.47 Å². The topological polar surface area (TPSA) is 62.3 Å². The number of carbonyl (C=O) groups is 2. The standard InChI is InChI=1S/C26H30FN3O4/c27-21-6-8-22(9-7-21)30-19-26(34-25(30)32)10-3-12-29(13-11-26)24(31)23-5-2-1-4-20(23)18-28-14-16-33-17-15-28/h1-2,4-9H,3,10-19H2/t26-/m1/s1. The highest BCUT2D eigenvalue weighted by Gasteiger charge is 2.46. The predicted octanol–water partition coefficient (Wildman–Crippen LogP) is 3.68. The SMILES string of the molecule is O=C(c1ccccc1CN1CCOCC1)N1CCC[C@@]2(CC1)CN(c1ccc(F)cc1)C(=O)O2. The van der Waals surface area contributed by atoms with Gasteiger partial charge in [0.1, 0.15) is 11.4 Å². The van der Waals surface area contributed by atoms with Gasteiger partial charge in [0.25, 0.3) is 5.91 Å². The van der Waals surface area contributed by atoms with Gasteiger partial charge in [-0.2, -0.15) is 0 Å². The third-order valence-electron chi connectivity index (χ3n) is 7.04. The largest absolute Gasteiger partial charge is 0.441 e. The molecule has 0 saturated carbocycles. The number of carbonyl (C=O) groups excluding carboxylic acids is 2. The lowest BCUT2D eigenvalue weighted by Crippen LogP contribution is -2.38. The molecule has 0 N–H and O–H groups in total. The number of anilines is 1. The molecular weight excluding hydrogens is 437 g/mol. The van der Waals surface area contributed by atoms with Gasteiger partial charge < -0.3 is 14.4 Å². The summed E-state index contributed by atoms with van der Waals surface area (Å²) in [6.45, 7) is 5.46. The molecule has 34 heavy (non-hydrogen) atoms. The van der Waals surface area contributed by atoms with Gasteiger partial charge in [-0.25, -0.2) is 9.18 Å². The van der Waals surface area contributed by atoms with E-state index >= 15 is 0 Å². The molecule has 2 amide bonds. The summed E-state index contributed by atoms with van der Waals surface area (Å²) < 4.78 is 24.6. The summed E-state index contributed by atoms with van der Waals surface area (Å²) in [6, 6.07) is 13.7. The van der Waals surface area contributed by atoms with Crippen LogP contribution in [-0.4, -0.2) is 73.3 Å². The van der Waals surface area contributed by atoms with Gasteiger partial charge in [-0.1, -0.05) is 18.2 Å². The van der Waals surface area contributed by atoms with Gasteiger partial charge >= 0.3 is 6.09 Å². The zero-order valence-electron chi connectivity index (χ0n) is 19.2. The number of nitrogens with zero attached hydrogens (tertiary/aromatic N) is 3. The first-order valence-corrected chi connectivity index (χ1v) is 12.0. The third kappa shape index (κ3) is 4.79. The molecule has 3 saturated heterocycles. The molecule has 0 bridgehead atoms. The van der Waals surface area contributed by atoms with Crippen LogP contribution in [-0.2, 0) is 16.0 Å². The van der Waals surface area contributed by atoms with Crippen molar-refractivity contribution in [3.05, 3.63) is 65.5 Å². The first-order chi connectivity index (χ1) is 16.5. The van der Waals surface area contributed by atoms with Gasteiger partial charge in [0.15, 0.2) is 0 Å². The number of rotatable bonds is 4. The van der Waals surface area contributed by atoms with Crippen molar-refractivity contribution in [1.29, 1.82) is 0 Å². The molecular formula is C26H30FN3O4. The van der Waals surface area contributed by atoms with Crippen LogP contribution in [0, 0.1) is 5.82 Å². The van der Waals surface area contributed by atoms with Crippen LogP contribution in [0.4, 0.5) is 14.9 Å². The van der Waals surface area contributed by atoms with Crippen molar-refractivity contribution in [3.8, 4) is 0 Å². The number of hydrogen-bond donors (Lipinski definition) is 0. The third-order valence-corrected chi connectivity index (χ3v) is 7.04. The number of likely N-dealkylation sites (tertiary alicyclic amines) is 1. The number of morpholine rings is 1. The van der Waals surface area contributed by atoms with Crippen molar-refractivity contribution in [3.63, 3.8) is 0 Å². The van der Waals surface area contributed by atoms with Crippen molar-refractivity contribution < 1.29 is 23.5 Å². The van der Waals surface area contributed by atoms with Gasteiger partial charge in [-0.05, 0) is 48.7 Å². The molecule has 2 aromatic carbocycles. The number of amides is 2. The lowest BCUT2D eigenvalue weighted by atomic mass is 9.95. The zero-order chi connectivity index (χ0) is 23.5. The summed E-state index contributed by atoms with van der Waals surface area (Å²) in [5.41, 5.74) is 1.76. The molecule has 2 aromatic rings. The number of benzene rings is 2. The van der Waals surface area contributed by atoms with Crippen LogP contribution in [0.15, 0.2) is 48.5 Å². The van der Waals surface area contributed by atoms with E-state index in [-0.39, 0.29) is 11.7 Å². The Balaban J connectivity index is 1.27. The van der Waals surface area contributed by atoms with Crippen LogP contribution >= 0.6 is 0 Å². The fourth-order valence-electron chi connectivity index (χ4n) is 5.11. The van der Waals surface area contributed by atoms with E-state index in [2.05, 4.69) is 4.90 Å². The molecule has 0 unspecified atom stereocenters. The molecule has 0 aromatic heterocycles. The quantitative estimate of drug-likeness (QED) is 0.687. The fraction of sp³-hybridized carbons (Fsp3) is 0.462. The summed E-state index contributed by atoms with van der Waals surface area (Å²) in [5, 5.41) is 0. The van der Waals surface area contributed by atoms with Gasteiger partial charge in [-0.3, -0.25) is 14.6 Å². The Labute approximate surface area is 199 Å². The van der Waals surface area contributed by atoms with E-state index < -0.39 is 11.7 Å². The molecule has 1 atom stereocenters. The molecule has 0 radical (unpaired) electrons. The highest BCUT2D eigenvalue weighted by Crippen LogP contribution is 2.36. The Kier molecular flexibility index (Phi) is 6.52. The molecule has 8 heteroatoms. The predicted molar refractivity (Wildman–Crippen MR) is 125 cm³/mol. The number of hydrogen-bond acceptors (Lipinski definition) is 5. The van der Waals surface area contributed by atoms with Crippen molar-refractivity contribution >= 4 is 17.7 Å². The van der Waals surface area contributed by atoms with Crippen molar-refractivity contribution in [2.45, 2.75) is 31.4 Å². The van der Waals surface area contributed by atoms with E-state index in [9.17, 15) is 14.0 Å². The monoisotopic (exact) mass is 467 g/mol. The molecule has 3 aliphatic heterocycles. The maximum Gasteiger partial charge on any atom is 0.415 e. The van der Waals surface area contributed by atoms with E-state index in [1.54, 1.807) is 17.0 Å². The molecule has 0 aliphatic carbocycles. The average molecular weight is 468 g/mol. The second-order valence-corrected chi connectivity index (χ2v) is 9.30. The Hall–Kier alpha value is -2.97. The van der Waals surface area contributed by atoms with Gasteiger partial charge in [-0.15, -0.1) is 0 Å². The molecule has 7 nitrogen and oxygen atoms in total. The summed E-state index contributed by atoms with van der Waals surface area (Å²) in [7, 11) is 0. The van der Waals surface area contributed by atoms with Crippen LogP contribution in [0.2, 0.25) is 0 Å². The van der Waals surface area contributed by atoms with E-state index in [0.717, 1.165) is 50.4 Å². The highest BCUT2D eigenvalue weighted by molar-refractivity contribution is 5.96. The zero-order valence-corrected chi connectivity index (χ0v) is 19.2. The van der Waals surface area contributed by atoms with Crippen molar-refractivity contribution in [2.75, 3.05) is 50.8 Å². The second-order valence-electron chi connectivity index (χ2n) is 9.30. The van der Waals surface area contributed by atoms with Crippen LogP contribution in [0.3, 0.4) is 0 Å². The molecule has 3 aliphatic rings. The minimum Gasteiger partial charge on any atom is -0.441 e. The van der Waals surface area contributed by atoms with E-state index in [1.807, 2.05) is 29.2 Å². The smallest absolute Gasteiger partial charge is 0.415 e. The maximum atomic E-state index is 13.5. The van der Waals surface area contributed by atoms with Crippen LogP contribution in [0.25, 0.3) is 0 Å². The molecule has 180 valence electrons. The summed E-state index contributed by atoms with van der Waals surface area (Å²) >= 11 is 0. The van der Waals surface area contributed by atoms with Crippen molar-refractivity contribution in [1.82, 2.24) is 9.80 Å². The van der Waals surface area contributed by atoms with Crippen LogP contribution < -0.4 is 4.90 Å². The summed E-state index contributed by atoms with van der Waals surface area (Å²) in [4.78, 5) is 31.9. The molecule has 1 spiro atoms. The molecule has 3 fully saturated rings. The Bertz CT molecular complexity index is 1040. The second kappa shape index (κ2) is 9.72. The van der Waals surface area contributed by atoms with Gasteiger partial charge in [0.05, 0.1) is 19.8 Å². The van der Waals surface area contributed by atoms with E-state index in [0.29, 0.717) is 38.2 Å². The lowest BCUT2D eigenvalue weighted by molar-refractivity contribution is 0.0339. The first kappa shape index (κ1) is 22.8.